The van der Waals surface area contributed by atoms with Gasteiger partial charge in [0, 0.05) is 23.6 Å². The second-order valence-corrected chi connectivity index (χ2v) is 4.83. The minimum absolute atomic E-state index is 0.375. The van der Waals surface area contributed by atoms with E-state index < -0.39 is 0 Å². The van der Waals surface area contributed by atoms with Crippen LogP contribution in [-0.2, 0) is 4.74 Å². The van der Waals surface area contributed by atoms with Crippen molar-refractivity contribution in [3.8, 4) is 0 Å². The zero-order valence-electron chi connectivity index (χ0n) is 9.79. The minimum Gasteiger partial charge on any atom is -0.381 e. The van der Waals surface area contributed by atoms with Gasteiger partial charge in [0.2, 0.25) is 0 Å². The molecule has 0 aromatic heterocycles. The predicted octanol–water partition coefficient (Wildman–Crippen LogP) is 2.95. The lowest BCUT2D eigenvalue weighted by Gasteiger charge is -2.24. The third kappa shape index (κ3) is 2.40. The van der Waals surface area contributed by atoms with Gasteiger partial charge in [-0.15, -0.1) is 0 Å². The van der Waals surface area contributed by atoms with Crippen LogP contribution in [0.4, 0.5) is 0 Å². The van der Waals surface area contributed by atoms with E-state index in [9.17, 15) is 0 Å². The van der Waals surface area contributed by atoms with Gasteiger partial charge in [-0.05, 0) is 43.7 Å². The summed E-state index contributed by atoms with van der Waals surface area (Å²) in [4.78, 5) is 0. The average Bonchev–Trinajstić information content (AvgIpc) is 2.75. The van der Waals surface area contributed by atoms with E-state index in [0.717, 1.165) is 24.7 Å². The quantitative estimate of drug-likeness (QED) is 0.876. The summed E-state index contributed by atoms with van der Waals surface area (Å²) in [7, 11) is 2.01. The SMILES string of the molecule is CNC(c1ccc(Cl)cc1C)C1CCOC1. The van der Waals surface area contributed by atoms with E-state index in [1.165, 1.54) is 11.1 Å². The highest BCUT2D eigenvalue weighted by Crippen LogP contribution is 2.31. The summed E-state index contributed by atoms with van der Waals surface area (Å²) in [5.74, 6) is 0.574. The van der Waals surface area contributed by atoms with E-state index in [0.29, 0.717) is 12.0 Å². The number of aryl methyl sites for hydroxylation is 1. The second-order valence-electron chi connectivity index (χ2n) is 4.39. The van der Waals surface area contributed by atoms with Crippen LogP contribution >= 0.6 is 11.6 Å². The molecule has 2 nitrogen and oxygen atoms in total. The van der Waals surface area contributed by atoms with Gasteiger partial charge in [-0.2, -0.15) is 0 Å². The zero-order valence-corrected chi connectivity index (χ0v) is 10.6. The molecule has 0 saturated carbocycles. The van der Waals surface area contributed by atoms with Crippen LogP contribution in [0.15, 0.2) is 18.2 Å². The van der Waals surface area contributed by atoms with Crippen molar-refractivity contribution < 1.29 is 4.74 Å². The van der Waals surface area contributed by atoms with Crippen LogP contribution < -0.4 is 5.32 Å². The fraction of sp³-hybridized carbons (Fsp3) is 0.538. The number of hydrogen-bond acceptors (Lipinski definition) is 2. The minimum atomic E-state index is 0.375. The van der Waals surface area contributed by atoms with Crippen molar-refractivity contribution >= 4 is 11.6 Å². The standard InChI is InChI=1S/C13H18ClNO/c1-9-7-11(14)3-4-12(9)13(15-2)10-5-6-16-8-10/h3-4,7,10,13,15H,5-6,8H2,1-2H3. The average molecular weight is 240 g/mol. The Kier molecular flexibility index (Phi) is 3.85. The Balaban J connectivity index is 2.25. The summed E-state index contributed by atoms with van der Waals surface area (Å²) >= 11 is 5.98. The summed E-state index contributed by atoms with van der Waals surface area (Å²) in [6.45, 7) is 3.85. The summed E-state index contributed by atoms with van der Waals surface area (Å²) < 4.78 is 5.46. The van der Waals surface area contributed by atoms with Crippen LogP contribution in [0.1, 0.15) is 23.6 Å². The molecule has 1 heterocycles. The molecule has 1 fully saturated rings. The van der Waals surface area contributed by atoms with Crippen molar-refractivity contribution in [1.82, 2.24) is 5.32 Å². The van der Waals surface area contributed by atoms with Gasteiger partial charge in [0.25, 0.3) is 0 Å². The lowest BCUT2D eigenvalue weighted by Crippen LogP contribution is -2.26. The van der Waals surface area contributed by atoms with Crippen molar-refractivity contribution in [2.45, 2.75) is 19.4 Å². The van der Waals surface area contributed by atoms with Gasteiger partial charge in [0.15, 0.2) is 0 Å². The zero-order chi connectivity index (χ0) is 11.5. The van der Waals surface area contributed by atoms with Gasteiger partial charge in [-0.3, -0.25) is 0 Å². The van der Waals surface area contributed by atoms with Crippen molar-refractivity contribution in [3.63, 3.8) is 0 Å². The number of halogens is 1. The van der Waals surface area contributed by atoms with Gasteiger partial charge >= 0.3 is 0 Å². The molecule has 2 unspecified atom stereocenters. The topological polar surface area (TPSA) is 21.3 Å². The van der Waals surface area contributed by atoms with Crippen molar-refractivity contribution in [3.05, 3.63) is 34.3 Å². The fourth-order valence-electron chi connectivity index (χ4n) is 2.45. The number of ether oxygens (including phenoxy) is 1. The summed E-state index contributed by atoms with van der Waals surface area (Å²) in [6, 6.07) is 6.48. The molecule has 2 rings (SSSR count). The highest BCUT2D eigenvalue weighted by atomic mass is 35.5. The smallest absolute Gasteiger partial charge is 0.0513 e. The van der Waals surface area contributed by atoms with E-state index in [1.807, 2.05) is 19.2 Å². The highest BCUT2D eigenvalue weighted by Gasteiger charge is 2.26. The summed E-state index contributed by atoms with van der Waals surface area (Å²) in [6.07, 6.45) is 1.13. The fourth-order valence-corrected chi connectivity index (χ4v) is 2.68. The summed E-state index contributed by atoms with van der Waals surface area (Å²) in [5.41, 5.74) is 2.58. The van der Waals surface area contributed by atoms with Crippen molar-refractivity contribution in [1.29, 1.82) is 0 Å². The maximum Gasteiger partial charge on any atom is 0.0513 e. The molecule has 0 aliphatic carbocycles. The van der Waals surface area contributed by atoms with Gasteiger partial charge in [-0.1, -0.05) is 17.7 Å². The van der Waals surface area contributed by atoms with E-state index in [-0.39, 0.29) is 0 Å². The van der Waals surface area contributed by atoms with Crippen LogP contribution in [0, 0.1) is 12.8 Å². The van der Waals surface area contributed by atoms with Gasteiger partial charge in [0.1, 0.15) is 0 Å². The normalized spacial score (nSPS) is 22.3. The first kappa shape index (κ1) is 11.9. The Hall–Kier alpha value is -0.570. The molecule has 2 atom stereocenters. The molecule has 0 bridgehead atoms. The third-order valence-electron chi connectivity index (χ3n) is 3.31. The highest BCUT2D eigenvalue weighted by molar-refractivity contribution is 6.30. The number of hydrogen-bond donors (Lipinski definition) is 1. The predicted molar refractivity (Wildman–Crippen MR) is 66.9 cm³/mol. The van der Waals surface area contributed by atoms with E-state index in [2.05, 4.69) is 18.3 Å². The second kappa shape index (κ2) is 5.17. The van der Waals surface area contributed by atoms with E-state index >= 15 is 0 Å². The monoisotopic (exact) mass is 239 g/mol. The largest absolute Gasteiger partial charge is 0.381 e. The Morgan fingerprint density at radius 2 is 2.31 bits per heavy atom. The maximum absolute atomic E-state index is 5.98. The lowest BCUT2D eigenvalue weighted by molar-refractivity contribution is 0.177. The molecule has 0 amide bonds. The number of rotatable bonds is 3. The van der Waals surface area contributed by atoms with Crippen LogP contribution in [0.5, 0.6) is 0 Å². The third-order valence-corrected chi connectivity index (χ3v) is 3.55. The summed E-state index contributed by atoms with van der Waals surface area (Å²) in [5, 5.41) is 4.20. The molecule has 88 valence electrons. The molecular formula is C13H18ClNO. The Morgan fingerprint density at radius 3 is 2.88 bits per heavy atom. The van der Waals surface area contributed by atoms with Crippen molar-refractivity contribution in [2.24, 2.45) is 5.92 Å². The molecule has 0 spiro atoms. The van der Waals surface area contributed by atoms with Crippen LogP contribution in [0.3, 0.4) is 0 Å². The van der Waals surface area contributed by atoms with Crippen molar-refractivity contribution in [2.75, 3.05) is 20.3 Å². The first-order valence-corrected chi connectivity index (χ1v) is 6.11. The molecule has 1 aromatic carbocycles. The first-order valence-electron chi connectivity index (χ1n) is 5.73. The molecule has 0 radical (unpaired) electrons. The Bertz CT molecular complexity index is 361. The molecular weight excluding hydrogens is 222 g/mol. The van der Waals surface area contributed by atoms with Crippen LogP contribution in [0.25, 0.3) is 0 Å². The molecule has 1 N–H and O–H groups in total. The lowest BCUT2D eigenvalue weighted by atomic mass is 9.90. The molecule has 1 aliphatic rings. The Labute approximate surface area is 102 Å². The molecule has 1 aromatic rings. The van der Waals surface area contributed by atoms with Gasteiger partial charge in [-0.25, -0.2) is 0 Å². The molecule has 3 heteroatoms. The first-order chi connectivity index (χ1) is 7.72. The van der Waals surface area contributed by atoms with Gasteiger partial charge < -0.3 is 10.1 Å². The van der Waals surface area contributed by atoms with E-state index in [4.69, 9.17) is 16.3 Å². The molecule has 1 aliphatic heterocycles. The maximum atomic E-state index is 5.98. The molecule has 16 heavy (non-hydrogen) atoms. The van der Waals surface area contributed by atoms with Crippen LogP contribution in [0.2, 0.25) is 5.02 Å². The Morgan fingerprint density at radius 1 is 1.50 bits per heavy atom. The number of benzene rings is 1. The number of nitrogens with one attached hydrogen (secondary N) is 1. The molecule has 1 saturated heterocycles. The van der Waals surface area contributed by atoms with Gasteiger partial charge in [0.05, 0.1) is 6.61 Å². The van der Waals surface area contributed by atoms with E-state index in [1.54, 1.807) is 0 Å². The van der Waals surface area contributed by atoms with Crippen LogP contribution in [-0.4, -0.2) is 20.3 Å².